The monoisotopic (exact) mass is 165 g/mol. The van der Waals surface area contributed by atoms with Crippen molar-refractivity contribution in [1.29, 1.82) is 0 Å². The van der Waals surface area contributed by atoms with Crippen molar-refractivity contribution in [2.75, 3.05) is 5.32 Å². The molecule has 1 atom stereocenters. The lowest BCUT2D eigenvalue weighted by Gasteiger charge is -2.12. The van der Waals surface area contributed by atoms with Gasteiger partial charge in [0.25, 0.3) is 0 Å². The first kappa shape index (κ1) is 7.58. The van der Waals surface area contributed by atoms with Gasteiger partial charge in [-0.05, 0) is 18.1 Å². The molecule has 3 N–H and O–H groups in total. The fourth-order valence-electron chi connectivity index (χ4n) is 1.51. The van der Waals surface area contributed by atoms with Crippen LogP contribution >= 0.6 is 0 Å². The van der Waals surface area contributed by atoms with Crippen LogP contribution in [0.5, 0.6) is 0 Å². The molecule has 1 aromatic rings. The van der Waals surface area contributed by atoms with E-state index in [9.17, 15) is 0 Å². The van der Waals surface area contributed by atoms with Gasteiger partial charge in [0.05, 0.1) is 6.04 Å². The average Bonchev–Trinajstić information content (AvgIpc) is 2.46. The zero-order valence-electron chi connectivity index (χ0n) is 6.57. The Balaban J connectivity index is 2.22. The van der Waals surface area contributed by atoms with Crippen molar-refractivity contribution >= 4 is 5.69 Å². The number of aliphatic hydroxyl groups is 2. The highest BCUT2D eigenvalue weighted by Crippen LogP contribution is 2.25. The summed E-state index contributed by atoms with van der Waals surface area (Å²) in [7, 11) is 0. The summed E-state index contributed by atoms with van der Waals surface area (Å²) in [5.41, 5.74) is 2.16. The summed E-state index contributed by atoms with van der Waals surface area (Å²) >= 11 is 0. The van der Waals surface area contributed by atoms with Crippen LogP contribution in [0.15, 0.2) is 24.3 Å². The second kappa shape index (κ2) is 2.77. The maximum absolute atomic E-state index is 8.92. The first-order valence-electron chi connectivity index (χ1n) is 3.98. The van der Waals surface area contributed by atoms with Gasteiger partial charge < -0.3 is 15.5 Å². The van der Waals surface area contributed by atoms with E-state index in [1.807, 2.05) is 24.3 Å². The summed E-state index contributed by atoms with van der Waals surface area (Å²) in [4.78, 5) is 0. The Bertz CT molecular complexity index is 261. The van der Waals surface area contributed by atoms with Gasteiger partial charge in [-0.15, -0.1) is 0 Å². The number of para-hydroxylation sites is 1. The van der Waals surface area contributed by atoms with Crippen LogP contribution in [0.25, 0.3) is 0 Å². The maximum Gasteiger partial charge on any atom is 0.172 e. The predicted molar refractivity (Wildman–Crippen MR) is 45.8 cm³/mol. The van der Waals surface area contributed by atoms with E-state index in [4.69, 9.17) is 10.2 Å². The average molecular weight is 165 g/mol. The van der Waals surface area contributed by atoms with Crippen LogP contribution in [0, 0.1) is 0 Å². The van der Waals surface area contributed by atoms with E-state index < -0.39 is 6.29 Å². The van der Waals surface area contributed by atoms with Gasteiger partial charge in [-0.2, -0.15) is 0 Å². The SMILES string of the molecule is OC(O)[C@H]1Cc2ccccc2N1. The van der Waals surface area contributed by atoms with E-state index in [1.165, 1.54) is 0 Å². The molecule has 12 heavy (non-hydrogen) atoms. The summed E-state index contributed by atoms with van der Waals surface area (Å²) in [6, 6.07) is 7.56. The number of benzene rings is 1. The molecular formula is C9H11NO2. The topological polar surface area (TPSA) is 52.5 Å². The van der Waals surface area contributed by atoms with Crippen LogP contribution < -0.4 is 5.32 Å². The van der Waals surface area contributed by atoms with E-state index in [0.717, 1.165) is 11.3 Å². The van der Waals surface area contributed by atoms with Crippen LogP contribution in [0.1, 0.15) is 5.56 Å². The minimum Gasteiger partial charge on any atom is -0.377 e. The van der Waals surface area contributed by atoms with Crippen LogP contribution in [-0.4, -0.2) is 22.5 Å². The van der Waals surface area contributed by atoms with Crippen molar-refractivity contribution in [2.45, 2.75) is 18.8 Å². The highest BCUT2D eigenvalue weighted by Gasteiger charge is 2.24. The Labute approximate surface area is 70.7 Å². The lowest BCUT2D eigenvalue weighted by atomic mass is 10.1. The molecule has 64 valence electrons. The number of anilines is 1. The van der Waals surface area contributed by atoms with Crippen molar-refractivity contribution in [1.82, 2.24) is 0 Å². The minimum absolute atomic E-state index is 0.248. The van der Waals surface area contributed by atoms with E-state index >= 15 is 0 Å². The van der Waals surface area contributed by atoms with Gasteiger partial charge in [-0.25, -0.2) is 0 Å². The molecule has 0 fully saturated rings. The molecule has 2 rings (SSSR count). The van der Waals surface area contributed by atoms with E-state index in [0.29, 0.717) is 6.42 Å². The smallest absolute Gasteiger partial charge is 0.172 e. The first-order chi connectivity index (χ1) is 5.77. The molecule has 0 spiro atoms. The molecule has 3 heteroatoms. The Morgan fingerprint density at radius 3 is 2.75 bits per heavy atom. The maximum atomic E-state index is 8.92. The number of fused-ring (bicyclic) bond motifs is 1. The summed E-state index contributed by atoms with van der Waals surface area (Å²) in [5, 5.41) is 20.9. The summed E-state index contributed by atoms with van der Waals surface area (Å²) in [6.45, 7) is 0. The molecule has 0 saturated carbocycles. The third-order valence-corrected chi connectivity index (χ3v) is 2.16. The van der Waals surface area contributed by atoms with Gasteiger partial charge in [-0.3, -0.25) is 0 Å². The predicted octanol–water partition coefficient (Wildman–Crippen LogP) is 0.334. The Kier molecular flexibility index (Phi) is 1.75. The van der Waals surface area contributed by atoms with Gasteiger partial charge >= 0.3 is 0 Å². The molecule has 0 bridgehead atoms. The second-order valence-corrected chi connectivity index (χ2v) is 3.03. The molecule has 0 amide bonds. The quantitative estimate of drug-likeness (QED) is 0.526. The molecule has 1 aromatic carbocycles. The lowest BCUT2D eigenvalue weighted by Crippen LogP contribution is -2.30. The molecule has 0 unspecified atom stereocenters. The van der Waals surface area contributed by atoms with Crippen molar-refractivity contribution in [2.24, 2.45) is 0 Å². The third-order valence-electron chi connectivity index (χ3n) is 2.16. The molecule has 0 radical (unpaired) electrons. The number of aliphatic hydroxyl groups excluding tert-OH is 1. The van der Waals surface area contributed by atoms with Gasteiger partial charge in [0, 0.05) is 5.69 Å². The van der Waals surface area contributed by atoms with E-state index in [2.05, 4.69) is 5.32 Å². The Hall–Kier alpha value is -1.06. The fraction of sp³-hybridized carbons (Fsp3) is 0.333. The number of hydrogen-bond donors (Lipinski definition) is 3. The third kappa shape index (κ3) is 1.17. The van der Waals surface area contributed by atoms with Crippen LogP contribution in [-0.2, 0) is 6.42 Å². The first-order valence-corrected chi connectivity index (χ1v) is 3.98. The highest BCUT2D eigenvalue weighted by molar-refractivity contribution is 5.56. The van der Waals surface area contributed by atoms with Gasteiger partial charge in [0.15, 0.2) is 6.29 Å². The number of hydrogen-bond acceptors (Lipinski definition) is 3. The van der Waals surface area contributed by atoms with E-state index in [1.54, 1.807) is 0 Å². The molecule has 0 aliphatic carbocycles. The zero-order valence-corrected chi connectivity index (χ0v) is 6.57. The largest absolute Gasteiger partial charge is 0.377 e. The highest BCUT2D eigenvalue weighted by atomic mass is 16.5. The van der Waals surface area contributed by atoms with Crippen molar-refractivity contribution in [3.8, 4) is 0 Å². The summed E-state index contributed by atoms with van der Waals surface area (Å²) < 4.78 is 0. The van der Waals surface area contributed by atoms with Gasteiger partial charge in [-0.1, -0.05) is 18.2 Å². The van der Waals surface area contributed by atoms with Crippen molar-refractivity contribution < 1.29 is 10.2 Å². The van der Waals surface area contributed by atoms with Crippen LogP contribution in [0.4, 0.5) is 5.69 Å². The molecule has 1 aliphatic heterocycles. The molecular weight excluding hydrogens is 154 g/mol. The minimum atomic E-state index is -1.28. The second-order valence-electron chi connectivity index (χ2n) is 3.03. The normalized spacial score (nSPS) is 20.8. The molecule has 0 aromatic heterocycles. The molecule has 0 saturated heterocycles. The van der Waals surface area contributed by atoms with Gasteiger partial charge in [0.2, 0.25) is 0 Å². The summed E-state index contributed by atoms with van der Waals surface area (Å²) in [6.07, 6.45) is -0.592. The molecule has 1 aliphatic rings. The Morgan fingerprint density at radius 2 is 2.08 bits per heavy atom. The zero-order chi connectivity index (χ0) is 8.55. The lowest BCUT2D eigenvalue weighted by molar-refractivity contribution is -0.0514. The summed E-state index contributed by atoms with van der Waals surface area (Å²) in [5.74, 6) is 0. The van der Waals surface area contributed by atoms with Crippen molar-refractivity contribution in [3.63, 3.8) is 0 Å². The number of rotatable bonds is 1. The Morgan fingerprint density at radius 1 is 1.33 bits per heavy atom. The van der Waals surface area contributed by atoms with E-state index in [-0.39, 0.29) is 6.04 Å². The number of nitrogens with one attached hydrogen (secondary N) is 1. The standard InChI is InChI=1S/C9H11NO2/c11-9(12)8-5-6-3-1-2-4-7(6)10-8/h1-4,8-12H,5H2/t8-/m1/s1. The van der Waals surface area contributed by atoms with Gasteiger partial charge in [0.1, 0.15) is 0 Å². The van der Waals surface area contributed by atoms with Crippen LogP contribution in [0.2, 0.25) is 0 Å². The van der Waals surface area contributed by atoms with Crippen LogP contribution in [0.3, 0.4) is 0 Å². The molecule has 1 heterocycles. The van der Waals surface area contributed by atoms with Crippen molar-refractivity contribution in [3.05, 3.63) is 29.8 Å². The fourth-order valence-corrected chi connectivity index (χ4v) is 1.51. The molecule has 3 nitrogen and oxygen atoms in total.